The Bertz CT molecular complexity index is 607. The van der Waals surface area contributed by atoms with Gasteiger partial charge in [-0.3, -0.25) is 4.79 Å². The highest BCUT2D eigenvalue weighted by atomic mass is 16.5. The van der Waals surface area contributed by atoms with Gasteiger partial charge in [0.05, 0.1) is 25.2 Å². The van der Waals surface area contributed by atoms with Crippen LogP contribution in [-0.4, -0.2) is 54.9 Å². The third-order valence-corrected chi connectivity index (χ3v) is 6.08. The Labute approximate surface area is 149 Å². The molecular formula is C20H29NO4. The summed E-state index contributed by atoms with van der Waals surface area (Å²) in [6, 6.07) is 7.70. The van der Waals surface area contributed by atoms with E-state index in [0.717, 1.165) is 30.6 Å². The fourth-order valence-corrected chi connectivity index (χ4v) is 4.29. The Kier molecular flexibility index (Phi) is 5.35. The second-order valence-corrected chi connectivity index (χ2v) is 7.25. The number of rotatable bonds is 5. The molecule has 138 valence electrons. The predicted molar refractivity (Wildman–Crippen MR) is 95.7 cm³/mol. The lowest BCUT2D eigenvalue weighted by Gasteiger charge is -2.56. The third-order valence-electron chi connectivity index (χ3n) is 6.08. The first kappa shape index (κ1) is 18.2. The minimum Gasteiger partial charge on any atom is -0.497 e. The van der Waals surface area contributed by atoms with E-state index in [2.05, 4.69) is 0 Å². The Hall–Kier alpha value is -1.59. The first-order valence-electron chi connectivity index (χ1n) is 9.24. The van der Waals surface area contributed by atoms with Crippen LogP contribution in [0.4, 0.5) is 0 Å². The standard InChI is InChI=1S/C20H29NO4/c1-4-25-18-13-17(22)20(18)8-10-21(11-9-20)19(23)14(2)15-6-5-7-16(12-15)24-3/h5-7,12,14,17-18,22H,4,8-11,13H2,1-3H3. The molecule has 1 aliphatic carbocycles. The topological polar surface area (TPSA) is 59.0 Å². The van der Waals surface area contributed by atoms with Crippen LogP contribution < -0.4 is 4.74 Å². The highest BCUT2D eigenvalue weighted by Gasteiger charge is 2.56. The van der Waals surface area contributed by atoms with Crippen molar-refractivity contribution >= 4 is 5.91 Å². The molecule has 1 spiro atoms. The second kappa shape index (κ2) is 7.34. The summed E-state index contributed by atoms with van der Waals surface area (Å²) in [4.78, 5) is 14.8. The van der Waals surface area contributed by atoms with Gasteiger partial charge in [-0.1, -0.05) is 12.1 Å². The van der Waals surface area contributed by atoms with E-state index in [1.54, 1.807) is 7.11 Å². The summed E-state index contributed by atoms with van der Waals surface area (Å²) in [5.41, 5.74) is 0.826. The number of ether oxygens (including phenoxy) is 2. The molecule has 5 nitrogen and oxygen atoms in total. The zero-order chi connectivity index (χ0) is 18.0. The molecule has 2 fully saturated rings. The summed E-state index contributed by atoms with van der Waals surface area (Å²) in [6.45, 7) is 5.99. The van der Waals surface area contributed by atoms with E-state index in [1.807, 2.05) is 43.0 Å². The van der Waals surface area contributed by atoms with E-state index in [9.17, 15) is 9.90 Å². The van der Waals surface area contributed by atoms with Crippen LogP contribution in [-0.2, 0) is 9.53 Å². The summed E-state index contributed by atoms with van der Waals surface area (Å²) in [5, 5.41) is 10.3. The number of aliphatic hydroxyl groups excluding tert-OH is 1. The number of benzene rings is 1. The van der Waals surface area contributed by atoms with Crippen molar-refractivity contribution in [2.75, 3.05) is 26.8 Å². The highest BCUT2D eigenvalue weighted by molar-refractivity contribution is 5.83. The van der Waals surface area contributed by atoms with Crippen molar-refractivity contribution in [3.63, 3.8) is 0 Å². The molecule has 0 aromatic heterocycles. The van der Waals surface area contributed by atoms with Gasteiger partial charge >= 0.3 is 0 Å². The molecule has 2 aliphatic rings. The van der Waals surface area contributed by atoms with Gasteiger partial charge < -0.3 is 19.5 Å². The molecule has 1 aromatic carbocycles. The van der Waals surface area contributed by atoms with Gasteiger partial charge in [0.1, 0.15) is 5.75 Å². The lowest BCUT2D eigenvalue weighted by Crippen LogP contribution is -2.62. The van der Waals surface area contributed by atoms with Gasteiger partial charge in [-0.05, 0) is 44.4 Å². The number of amides is 1. The van der Waals surface area contributed by atoms with Crippen LogP contribution in [0.3, 0.4) is 0 Å². The summed E-state index contributed by atoms with van der Waals surface area (Å²) < 4.78 is 11.1. The first-order chi connectivity index (χ1) is 12.0. The molecule has 1 aromatic rings. The van der Waals surface area contributed by atoms with E-state index in [0.29, 0.717) is 19.7 Å². The summed E-state index contributed by atoms with van der Waals surface area (Å²) >= 11 is 0. The minimum atomic E-state index is -0.294. The number of hydrogen-bond acceptors (Lipinski definition) is 4. The van der Waals surface area contributed by atoms with Gasteiger partial charge in [0.2, 0.25) is 5.91 Å². The molecule has 3 rings (SSSR count). The number of piperidine rings is 1. The quantitative estimate of drug-likeness (QED) is 0.889. The third kappa shape index (κ3) is 3.27. The molecule has 1 aliphatic heterocycles. The van der Waals surface area contributed by atoms with Crippen molar-refractivity contribution in [2.24, 2.45) is 5.41 Å². The van der Waals surface area contributed by atoms with Gasteiger partial charge in [0.25, 0.3) is 0 Å². The van der Waals surface area contributed by atoms with Crippen molar-refractivity contribution in [3.8, 4) is 5.75 Å². The number of likely N-dealkylation sites (tertiary alicyclic amines) is 1. The molecule has 1 saturated carbocycles. The molecule has 1 saturated heterocycles. The number of hydrogen-bond donors (Lipinski definition) is 1. The van der Waals surface area contributed by atoms with Crippen LogP contribution >= 0.6 is 0 Å². The maximum absolute atomic E-state index is 12.9. The molecule has 3 unspecified atom stereocenters. The Balaban J connectivity index is 1.63. The lowest BCUT2D eigenvalue weighted by atomic mass is 9.58. The Morgan fingerprint density at radius 1 is 1.40 bits per heavy atom. The van der Waals surface area contributed by atoms with Crippen molar-refractivity contribution in [3.05, 3.63) is 29.8 Å². The fraction of sp³-hybridized carbons (Fsp3) is 0.650. The Morgan fingerprint density at radius 3 is 2.72 bits per heavy atom. The molecular weight excluding hydrogens is 318 g/mol. The largest absolute Gasteiger partial charge is 0.497 e. The summed E-state index contributed by atoms with van der Waals surface area (Å²) in [7, 11) is 1.63. The van der Waals surface area contributed by atoms with Crippen LogP contribution in [0.5, 0.6) is 5.75 Å². The summed E-state index contributed by atoms with van der Waals surface area (Å²) in [5.74, 6) is 0.718. The second-order valence-electron chi connectivity index (χ2n) is 7.25. The average molecular weight is 347 g/mol. The number of methoxy groups -OCH3 is 1. The van der Waals surface area contributed by atoms with Crippen molar-refractivity contribution in [1.82, 2.24) is 4.90 Å². The zero-order valence-corrected chi connectivity index (χ0v) is 15.4. The van der Waals surface area contributed by atoms with Gasteiger partial charge in [-0.2, -0.15) is 0 Å². The van der Waals surface area contributed by atoms with E-state index in [4.69, 9.17) is 9.47 Å². The van der Waals surface area contributed by atoms with Crippen LogP contribution in [0.15, 0.2) is 24.3 Å². The van der Waals surface area contributed by atoms with Crippen LogP contribution in [0.1, 0.15) is 44.6 Å². The highest BCUT2D eigenvalue weighted by Crippen LogP contribution is 2.51. The monoisotopic (exact) mass is 347 g/mol. The molecule has 0 radical (unpaired) electrons. The van der Waals surface area contributed by atoms with E-state index >= 15 is 0 Å². The molecule has 5 heteroatoms. The van der Waals surface area contributed by atoms with Crippen molar-refractivity contribution in [2.45, 2.75) is 51.2 Å². The van der Waals surface area contributed by atoms with Gasteiger partial charge in [-0.25, -0.2) is 0 Å². The van der Waals surface area contributed by atoms with E-state index < -0.39 is 0 Å². The van der Waals surface area contributed by atoms with E-state index in [-0.39, 0.29) is 29.4 Å². The minimum absolute atomic E-state index is 0.139. The average Bonchev–Trinajstić information content (AvgIpc) is 2.67. The van der Waals surface area contributed by atoms with E-state index in [1.165, 1.54) is 0 Å². The van der Waals surface area contributed by atoms with Crippen LogP contribution in [0.25, 0.3) is 0 Å². The number of carbonyl (C=O) groups excluding carboxylic acids is 1. The number of aliphatic hydroxyl groups is 1. The normalized spacial score (nSPS) is 26.2. The van der Waals surface area contributed by atoms with Crippen LogP contribution in [0.2, 0.25) is 0 Å². The van der Waals surface area contributed by atoms with Crippen molar-refractivity contribution < 1.29 is 19.4 Å². The molecule has 1 N–H and O–H groups in total. The van der Waals surface area contributed by atoms with Gasteiger partial charge in [0.15, 0.2) is 0 Å². The smallest absolute Gasteiger partial charge is 0.229 e. The maximum Gasteiger partial charge on any atom is 0.229 e. The van der Waals surface area contributed by atoms with Crippen LogP contribution in [0, 0.1) is 5.41 Å². The maximum atomic E-state index is 12.9. The van der Waals surface area contributed by atoms with Gasteiger partial charge in [-0.15, -0.1) is 0 Å². The fourth-order valence-electron chi connectivity index (χ4n) is 4.29. The molecule has 1 amide bonds. The number of nitrogens with zero attached hydrogens (tertiary/aromatic N) is 1. The SMILES string of the molecule is CCOC1CC(O)C12CCN(C(=O)C(C)c1cccc(OC)c1)CC2. The van der Waals surface area contributed by atoms with Gasteiger partial charge in [0, 0.05) is 31.5 Å². The Morgan fingerprint density at radius 2 is 2.12 bits per heavy atom. The summed E-state index contributed by atoms with van der Waals surface area (Å²) in [6.07, 6.45) is 2.20. The predicted octanol–water partition coefficient (Wildman–Crippen LogP) is 2.58. The molecule has 3 atom stereocenters. The number of carbonyl (C=O) groups is 1. The first-order valence-corrected chi connectivity index (χ1v) is 9.24. The lowest BCUT2D eigenvalue weighted by molar-refractivity contribution is -0.210. The zero-order valence-electron chi connectivity index (χ0n) is 15.4. The van der Waals surface area contributed by atoms with Crippen molar-refractivity contribution in [1.29, 1.82) is 0 Å². The molecule has 25 heavy (non-hydrogen) atoms. The molecule has 0 bridgehead atoms. The molecule has 1 heterocycles.